The van der Waals surface area contributed by atoms with E-state index in [0.29, 0.717) is 17.5 Å². The maximum atomic E-state index is 12.2. The summed E-state index contributed by atoms with van der Waals surface area (Å²) >= 11 is 1.50. The maximum absolute atomic E-state index is 12.2. The average molecular weight is 312 g/mol. The van der Waals surface area contributed by atoms with E-state index in [1.165, 1.54) is 37.0 Å². The van der Waals surface area contributed by atoms with Crippen molar-refractivity contribution in [3.05, 3.63) is 35.7 Å². The number of carbonyl (C=O) groups is 1. The molecule has 22 heavy (non-hydrogen) atoms. The molecule has 2 saturated carbocycles. The van der Waals surface area contributed by atoms with Gasteiger partial charge in [0.25, 0.3) is 0 Å². The largest absolute Gasteiger partial charge is 0.302 e. The standard InChI is InChI=1S/C18H20N2OS/c21-17(10-15-9-12-6-7-14(15)8-12)20-18-19-16(11-22-18)13-4-2-1-3-5-13/h1-5,11-12,14-15H,6-10H2,(H,19,20,21)/t12-,14+,15-/m0/s1. The zero-order valence-electron chi connectivity index (χ0n) is 12.5. The molecule has 3 atom stereocenters. The highest BCUT2D eigenvalue weighted by Crippen LogP contribution is 2.49. The van der Waals surface area contributed by atoms with E-state index in [-0.39, 0.29) is 5.91 Å². The van der Waals surface area contributed by atoms with Gasteiger partial charge in [0.05, 0.1) is 5.69 Å². The molecule has 1 aromatic carbocycles. The molecule has 4 rings (SSSR count). The van der Waals surface area contributed by atoms with Crippen molar-refractivity contribution in [2.75, 3.05) is 5.32 Å². The molecule has 114 valence electrons. The van der Waals surface area contributed by atoms with Crippen LogP contribution in [-0.4, -0.2) is 10.9 Å². The van der Waals surface area contributed by atoms with Crippen LogP contribution in [0.2, 0.25) is 0 Å². The Bertz CT molecular complexity index is 667. The number of amides is 1. The quantitative estimate of drug-likeness (QED) is 0.898. The second-order valence-electron chi connectivity index (χ2n) is 6.59. The van der Waals surface area contributed by atoms with Crippen molar-refractivity contribution in [1.29, 1.82) is 0 Å². The van der Waals surface area contributed by atoms with Gasteiger partial charge in [-0.25, -0.2) is 4.98 Å². The summed E-state index contributed by atoms with van der Waals surface area (Å²) in [5, 5.41) is 5.70. The van der Waals surface area contributed by atoms with Gasteiger partial charge < -0.3 is 5.32 Å². The van der Waals surface area contributed by atoms with Crippen molar-refractivity contribution < 1.29 is 4.79 Å². The molecule has 0 aliphatic heterocycles. The summed E-state index contributed by atoms with van der Waals surface area (Å²) in [7, 11) is 0. The topological polar surface area (TPSA) is 42.0 Å². The van der Waals surface area contributed by atoms with Gasteiger partial charge in [0.1, 0.15) is 0 Å². The van der Waals surface area contributed by atoms with Crippen LogP contribution >= 0.6 is 11.3 Å². The first-order valence-electron chi connectivity index (χ1n) is 8.09. The fourth-order valence-corrected chi connectivity index (χ4v) is 4.84. The fraction of sp³-hybridized carbons (Fsp3) is 0.444. The lowest BCUT2D eigenvalue weighted by molar-refractivity contribution is -0.117. The number of nitrogens with zero attached hydrogens (tertiary/aromatic N) is 1. The summed E-state index contributed by atoms with van der Waals surface area (Å²) in [6, 6.07) is 10.1. The van der Waals surface area contributed by atoms with E-state index in [9.17, 15) is 4.79 Å². The second kappa shape index (κ2) is 5.84. The van der Waals surface area contributed by atoms with Gasteiger partial charge in [-0.15, -0.1) is 11.3 Å². The lowest BCUT2D eigenvalue weighted by Crippen LogP contribution is -2.20. The molecule has 1 aromatic heterocycles. The molecule has 3 nitrogen and oxygen atoms in total. The van der Waals surface area contributed by atoms with Gasteiger partial charge in [-0.3, -0.25) is 4.79 Å². The third-order valence-corrected chi connectivity index (χ3v) is 5.91. The number of thiazole rings is 1. The number of hydrogen-bond donors (Lipinski definition) is 1. The first-order valence-corrected chi connectivity index (χ1v) is 8.96. The van der Waals surface area contributed by atoms with E-state index in [1.807, 2.05) is 35.7 Å². The third kappa shape index (κ3) is 2.80. The molecule has 1 heterocycles. The lowest BCUT2D eigenvalue weighted by atomic mass is 9.86. The molecule has 0 radical (unpaired) electrons. The maximum Gasteiger partial charge on any atom is 0.226 e. The van der Waals surface area contributed by atoms with E-state index in [4.69, 9.17) is 0 Å². The Balaban J connectivity index is 1.37. The van der Waals surface area contributed by atoms with Crippen LogP contribution in [0.5, 0.6) is 0 Å². The first kappa shape index (κ1) is 13.9. The summed E-state index contributed by atoms with van der Waals surface area (Å²) in [5.41, 5.74) is 2.02. The molecule has 1 N–H and O–H groups in total. The number of fused-ring (bicyclic) bond motifs is 2. The highest BCUT2D eigenvalue weighted by molar-refractivity contribution is 7.14. The smallest absolute Gasteiger partial charge is 0.226 e. The van der Waals surface area contributed by atoms with Gasteiger partial charge in [-0.2, -0.15) is 0 Å². The van der Waals surface area contributed by atoms with Crippen LogP contribution < -0.4 is 5.32 Å². The molecule has 0 unspecified atom stereocenters. The number of anilines is 1. The molecule has 4 heteroatoms. The lowest BCUT2D eigenvalue weighted by Gasteiger charge is -2.20. The van der Waals surface area contributed by atoms with Gasteiger partial charge in [0.15, 0.2) is 5.13 Å². The van der Waals surface area contributed by atoms with Crippen LogP contribution in [0.15, 0.2) is 35.7 Å². The Kier molecular flexibility index (Phi) is 3.70. The number of carbonyl (C=O) groups excluding carboxylic acids is 1. The molecular weight excluding hydrogens is 292 g/mol. The Morgan fingerprint density at radius 2 is 2.09 bits per heavy atom. The van der Waals surface area contributed by atoms with Crippen molar-refractivity contribution >= 4 is 22.4 Å². The van der Waals surface area contributed by atoms with E-state index in [1.54, 1.807) is 0 Å². The predicted octanol–water partition coefficient (Wildman–Crippen LogP) is 4.57. The molecular formula is C18H20N2OS. The zero-order valence-corrected chi connectivity index (χ0v) is 13.3. The van der Waals surface area contributed by atoms with E-state index in [0.717, 1.165) is 23.1 Å². The Morgan fingerprint density at radius 3 is 2.82 bits per heavy atom. The van der Waals surface area contributed by atoms with Crippen molar-refractivity contribution in [2.45, 2.75) is 32.1 Å². The SMILES string of the molecule is O=C(C[C@@H]1C[C@H]2CC[C@@H]1C2)Nc1nc(-c2ccccc2)cs1. The second-order valence-corrected chi connectivity index (χ2v) is 7.45. The van der Waals surface area contributed by atoms with Crippen molar-refractivity contribution in [3.8, 4) is 11.3 Å². The van der Waals surface area contributed by atoms with Crippen molar-refractivity contribution in [2.24, 2.45) is 17.8 Å². The minimum Gasteiger partial charge on any atom is -0.302 e. The molecule has 1 amide bonds. The summed E-state index contributed by atoms with van der Waals surface area (Å²) < 4.78 is 0. The summed E-state index contributed by atoms with van der Waals surface area (Å²) in [5.74, 6) is 2.43. The van der Waals surface area contributed by atoms with Gasteiger partial charge in [0.2, 0.25) is 5.91 Å². The van der Waals surface area contributed by atoms with Crippen molar-refractivity contribution in [3.63, 3.8) is 0 Å². The van der Waals surface area contributed by atoms with Crippen LogP contribution in [-0.2, 0) is 4.79 Å². The summed E-state index contributed by atoms with van der Waals surface area (Å²) in [4.78, 5) is 16.8. The molecule has 2 bridgehead atoms. The number of nitrogens with one attached hydrogen (secondary N) is 1. The van der Waals surface area contributed by atoms with Crippen LogP contribution in [0.3, 0.4) is 0 Å². The van der Waals surface area contributed by atoms with Crippen LogP contribution in [0.1, 0.15) is 32.1 Å². The minimum atomic E-state index is 0.131. The highest BCUT2D eigenvalue weighted by atomic mass is 32.1. The van der Waals surface area contributed by atoms with Gasteiger partial charge >= 0.3 is 0 Å². The van der Waals surface area contributed by atoms with Gasteiger partial charge in [-0.1, -0.05) is 36.8 Å². The van der Waals surface area contributed by atoms with Gasteiger partial charge in [-0.05, 0) is 37.0 Å². The van der Waals surface area contributed by atoms with E-state index < -0.39 is 0 Å². The molecule has 2 aliphatic rings. The number of rotatable bonds is 4. The van der Waals surface area contributed by atoms with Crippen molar-refractivity contribution in [1.82, 2.24) is 4.98 Å². The van der Waals surface area contributed by atoms with Crippen LogP contribution in [0, 0.1) is 17.8 Å². The molecule has 2 fully saturated rings. The Morgan fingerprint density at radius 1 is 1.23 bits per heavy atom. The summed E-state index contributed by atoms with van der Waals surface area (Å²) in [6.07, 6.45) is 5.99. The first-order chi connectivity index (χ1) is 10.8. The van der Waals surface area contributed by atoms with Crippen LogP contribution in [0.25, 0.3) is 11.3 Å². The summed E-state index contributed by atoms with van der Waals surface area (Å²) in [6.45, 7) is 0. The zero-order chi connectivity index (χ0) is 14.9. The molecule has 0 spiro atoms. The van der Waals surface area contributed by atoms with E-state index >= 15 is 0 Å². The molecule has 0 saturated heterocycles. The fourth-order valence-electron chi connectivity index (χ4n) is 4.11. The van der Waals surface area contributed by atoms with E-state index in [2.05, 4.69) is 10.3 Å². The number of hydrogen-bond acceptors (Lipinski definition) is 3. The number of benzene rings is 1. The monoisotopic (exact) mass is 312 g/mol. The molecule has 2 aliphatic carbocycles. The van der Waals surface area contributed by atoms with Gasteiger partial charge in [0, 0.05) is 17.4 Å². The highest BCUT2D eigenvalue weighted by Gasteiger charge is 2.40. The Hall–Kier alpha value is -1.68. The minimum absolute atomic E-state index is 0.131. The third-order valence-electron chi connectivity index (χ3n) is 5.15. The predicted molar refractivity (Wildman–Crippen MR) is 89.7 cm³/mol. The normalized spacial score (nSPS) is 26.3. The Labute approximate surface area is 134 Å². The average Bonchev–Trinajstić information content (AvgIpc) is 3.24. The number of aromatic nitrogens is 1. The molecule has 2 aromatic rings. The van der Waals surface area contributed by atoms with Crippen LogP contribution in [0.4, 0.5) is 5.13 Å².